The molecular formula is C15H24N2O2S. The fraction of sp³-hybridized carbons (Fsp3) is 0.667. The maximum absolute atomic E-state index is 11.9. The van der Waals surface area contributed by atoms with Gasteiger partial charge in [0.2, 0.25) is 0 Å². The Hall–Kier alpha value is -1.07. The van der Waals surface area contributed by atoms with Gasteiger partial charge >= 0.3 is 6.03 Å². The molecule has 2 unspecified atom stereocenters. The molecule has 4 nitrogen and oxygen atoms in total. The minimum absolute atomic E-state index is 0.0947. The third-order valence-electron chi connectivity index (χ3n) is 3.71. The van der Waals surface area contributed by atoms with E-state index in [1.165, 1.54) is 4.88 Å². The number of carbonyl (C=O) groups excluding carboxylic acids is 1. The molecule has 0 saturated heterocycles. The Bertz CT molecular complexity index is 418. The summed E-state index contributed by atoms with van der Waals surface area (Å²) in [6.45, 7) is 3.23. The van der Waals surface area contributed by atoms with Crippen LogP contribution in [-0.4, -0.2) is 42.3 Å². The first-order chi connectivity index (χ1) is 9.56. The fourth-order valence-electron chi connectivity index (χ4n) is 2.23. The molecule has 5 heteroatoms. The second-order valence-corrected chi connectivity index (χ2v) is 6.89. The normalized spacial score (nSPS) is 17.6. The van der Waals surface area contributed by atoms with Gasteiger partial charge in [-0.25, -0.2) is 4.79 Å². The number of hydrogen-bond donors (Lipinski definition) is 2. The van der Waals surface area contributed by atoms with Crippen LogP contribution in [0.15, 0.2) is 17.5 Å². The lowest BCUT2D eigenvalue weighted by Gasteiger charge is -2.22. The van der Waals surface area contributed by atoms with Gasteiger partial charge < -0.3 is 15.3 Å². The minimum Gasteiger partial charge on any atom is -0.391 e. The van der Waals surface area contributed by atoms with Gasteiger partial charge in [0.15, 0.2) is 0 Å². The summed E-state index contributed by atoms with van der Waals surface area (Å²) in [4.78, 5) is 14.9. The van der Waals surface area contributed by atoms with Gasteiger partial charge in [-0.15, -0.1) is 11.3 Å². The molecule has 2 amide bonds. The summed E-state index contributed by atoms with van der Waals surface area (Å²) in [7, 11) is 1.74. The molecule has 1 saturated carbocycles. The molecule has 0 aromatic carbocycles. The predicted molar refractivity (Wildman–Crippen MR) is 81.9 cm³/mol. The Morgan fingerprint density at radius 3 is 2.95 bits per heavy atom. The predicted octanol–water partition coefficient (Wildman–Crippen LogP) is 2.34. The molecular weight excluding hydrogens is 272 g/mol. The van der Waals surface area contributed by atoms with Crippen LogP contribution in [0.5, 0.6) is 0 Å². The van der Waals surface area contributed by atoms with Crippen LogP contribution >= 0.6 is 11.3 Å². The number of nitrogens with one attached hydrogen (secondary N) is 1. The van der Waals surface area contributed by atoms with Crippen LogP contribution in [0.1, 0.15) is 24.6 Å². The fourth-order valence-corrected chi connectivity index (χ4v) is 3.10. The Labute approximate surface area is 124 Å². The van der Waals surface area contributed by atoms with Crippen LogP contribution in [0.3, 0.4) is 0 Å². The first-order valence-electron chi connectivity index (χ1n) is 7.25. The lowest BCUT2D eigenvalue weighted by atomic mass is 10.1. The minimum atomic E-state index is -0.366. The summed E-state index contributed by atoms with van der Waals surface area (Å²) in [5.74, 6) is 0.822. The van der Waals surface area contributed by atoms with E-state index in [1.807, 2.05) is 0 Å². The maximum atomic E-state index is 11.9. The number of rotatable bonds is 7. The Kier molecular flexibility index (Phi) is 5.43. The number of aliphatic hydroxyl groups is 1. The van der Waals surface area contributed by atoms with Gasteiger partial charge in [0.05, 0.1) is 6.10 Å². The van der Waals surface area contributed by atoms with E-state index < -0.39 is 0 Å². The summed E-state index contributed by atoms with van der Waals surface area (Å²) in [5.41, 5.74) is 0. The van der Waals surface area contributed by atoms with E-state index in [4.69, 9.17) is 0 Å². The van der Waals surface area contributed by atoms with Gasteiger partial charge in [-0.05, 0) is 42.5 Å². The highest BCUT2D eigenvalue weighted by Crippen LogP contribution is 2.32. The topological polar surface area (TPSA) is 52.6 Å². The Balaban J connectivity index is 1.65. The van der Waals surface area contributed by atoms with Gasteiger partial charge in [-0.1, -0.05) is 13.0 Å². The zero-order chi connectivity index (χ0) is 14.5. The maximum Gasteiger partial charge on any atom is 0.317 e. The average molecular weight is 296 g/mol. The highest BCUT2D eigenvalue weighted by atomic mass is 32.1. The van der Waals surface area contributed by atoms with E-state index in [0.29, 0.717) is 24.9 Å². The van der Waals surface area contributed by atoms with E-state index in [2.05, 4.69) is 29.8 Å². The number of thiophene rings is 1. The number of carbonyl (C=O) groups is 1. The molecule has 0 radical (unpaired) electrons. The second kappa shape index (κ2) is 7.09. The lowest BCUT2D eigenvalue weighted by Crippen LogP contribution is -2.43. The Morgan fingerprint density at radius 1 is 1.60 bits per heavy atom. The quantitative estimate of drug-likeness (QED) is 0.811. The van der Waals surface area contributed by atoms with Gasteiger partial charge in [-0.2, -0.15) is 0 Å². The van der Waals surface area contributed by atoms with Crippen molar-refractivity contribution in [3.63, 3.8) is 0 Å². The van der Waals surface area contributed by atoms with Crippen molar-refractivity contribution < 1.29 is 9.90 Å². The largest absolute Gasteiger partial charge is 0.391 e. The molecule has 2 atom stereocenters. The zero-order valence-electron chi connectivity index (χ0n) is 12.2. The molecule has 2 N–H and O–H groups in total. The summed E-state index contributed by atoms with van der Waals surface area (Å²) in [5, 5.41) is 14.9. The van der Waals surface area contributed by atoms with E-state index >= 15 is 0 Å². The lowest BCUT2D eigenvalue weighted by molar-refractivity contribution is 0.113. The highest BCUT2D eigenvalue weighted by molar-refractivity contribution is 7.09. The third kappa shape index (κ3) is 4.80. The summed E-state index contributed by atoms with van der Waals surface area (Å²) >= 11 is 1.75. The summed E-state index contributed by atoms with van der Waals surface area (Å²) < 4.78 is 0. The van der Waals surface area contributed by atoms with Crippen LogP contribution in [0, 0.1) is 11.8 Å². The van der Waals surface area contributed by atoms with Crippen molar-refractivity contribution in [2.24, 2.45) is 11.8 Å². The van der Waals surface area contributed by atoms with E-state index in [-0.39, 0.29) is 12.1 Å². The molecule has 2 rings (SSSR count). The van der Waals surface area contributed by atoms with Gasteiger partial charge in [-0.3, -0.25) is 0 Å². The van der Waals surface area contributed by atoms with Crippen molar-refractivity contribution in [3.05, 3.63) is 22.4 Å². The van der Waals surface area contributed by atoms with E-state index in [1.54, 1.807) is 23.3 Å². The molecule has 1 aromatic heterocycles. The van der Waals surface area contributed by atoms with Crippen LogP contribution in [-0.2, 0) is 6.42 Å². The van der Waals surface area contributed by atoms with Crippen molar-refractivity contribution in [1.29, 1.82) is 0 Å². The number of nitrogens with zero attached hydrogens (tertiary/aromatic N) is 1. The molecule has 1 heterocycles. The van der Waals surface area contributed by atoms with Crippen molar-refractivity contribution in [3.8, 4) is 0 Å². The Morgan fingerprint density at radius 2 is 2.35 bits per heavy atom. The molecule has 0 aliphatic heterocycles. The molecule has 1 aliphatic carbocycles. The number of likely N-dealkylation sites (N-methyl/N-ethyl adjacent to an activating group) is 1. The van der Waals surface area contributed by atoms with Gasteiger partial charge in [0.1, 0.15) is 0 Å². The van der Waals surface area contributed by atoms with Crippen LogP contribution < -0.4 is 5.32 Å². The van der Waals surface area contributed by atoms with Crippen LogP contribution in [0.25, 0.3) is 0 Å². The van der Waals surface area contributed by atoms with Crippen LogP contribution in [0.4, 0.5) is 4.79 Å². The van der Waals surface area contributed by atoms with Crippen molar-refractivity contribution in [1.82, 2.24) is 10.2 Å². The number of amides is 2. The van der Waals surface area contributed by atoms with E-state index in [0.717, 1.165) is 19.3 Å². The van der Waals surface area contributed by atoms with Crippen molar-refractivity contribution in [2.75, 3.05) is 20.1 Å². The van der Waals surface area contributed by atoms with Crippen LogP contribution in [0.2, 0.25) is 0 Å². The molecule has 1 fully saturated rings. The first kappa shape index (κ1) is 15.3. The first-order valence-corrected chi connectivity index (χ1v) is 8.13. The SMILES string of the molecule is CC(CNC(=O)N(C)CC(O)C1CC1)Cc1cccs1. The standard InChI is InChI=1S/C15H24N2O2S/c1-11(8-13-4-3-7-20-13)9-16-15(19)17(2)10-14(18)12-5-6-12/h3-4,7,11-12,14,18H,5-6,8-10H2,1-2H3,(H,16,19). The monoisotopic (exact) mass is 296 g/mol. The van der Waals surface area contributed by atoms with Gasteiger partial charge in [0.25, 0.3) is 0 Å². The smallest absolute Gasteiger partial charge is 0.317 e. The van der Waals surface area contributed by atoms with E-state index in [9.17, 15) is 9.90 Å². The molecule has 112 valence electrons. The number of urea groups is 1. The third-order valence-corrected chi connectivity index (χ3v) is 4.60. The highest BCUT2D eigenvalue weighted by Gasteiger charge is 2.31. The number of aliphatic hydroxyl groups excluding tert-OH is 1. The van der Waals surface area contributed by atoms with Gasteiger partial charge in [0, 0.05) is 25.0 Å². The summed E-state index contributed by atoms with van der Waals surface area (Å²) in [6.07, 6.45) is 2.81. The zero-order valence-corrected chi connectivity index (χ0v) is 13.0. The molecule has 1 aliphatic rings. The molecule has 1 aromatic rings. The molecule has 20 heavy (non-hydrogen) atoms. The second-order valence-electron chi connectivity index (χ2n) is 5.86. The molecule has 0 spiro atoms. The molecule has 0 bridgehead atoms. The van der Waals surface area contributed by atoms with Crippen molar-refractivity contribution >= 4 is 17.4 Å². The average Bonchev–Trinajstić information content (AvgIpc) is 3.15. The van der Waals surface area contributed by atoms with Crippen molar-refractivity contribution in [2.45, 2.75) is 32.3 Å². The number of hydrogen-bond acceptors (Lipinski definition) is 3. The summed E-state index contributed by atoms with van der Waals surface area (Å²) in [6, 6.07) is 4.09.